The molecule has 0 spiro atoms. The second-order valence-corrected chi connectivity index (χ2v) is 4.77. The van der Waals surface area contributed by atoms with Crippen LogP contribution < -0.4 is 5.73 Å². The Kier molecular flexibility index (Phi) is 4.70. The molecule has 0 aromatic rings. The Hall–Kier alpha value is -0.650. The fourth-order valence-electron chi connectivity index (χ4n) is 1.87. The number of amides is 1. The van der Waals surface area contributed by atoms with Gasteiger partial charge in [-0.15, -0.1) is 0 Å². The minimum Gasteiger partial charge on any atom is -0.388 e. The summed E-state index contributed by atoms with van der Waals surface area (Å²) in [5.41, 5.74) is 4.78. The zero-order chi connectivity index (χ0) is 12.2. The Morgan fingerprint density at radius 2 is 2.12 bits per heavy atom. The molecule has 1 heterocycles. The van der Waals surface area contributed by atoms with Gasteiger partial charge in [-0.3, -0.25) is 4.79 Å². The largest absolute Gasteiger partial charge is 0.388 e. The normalized spacial score (nSPS) is 21.5. The number of nitrogens with two attached hydrogens (primary N) is 1. The fraction of sp³-hybridized carbons (Fsp3) is 0.909. The number of nitrogens with zero attached hydrogens (tertiary/aromatic N) is 1. The quantitative estimate of drug-likeness (QED) is 0.696. The molecule has 1 atom stereocenters. The van der Waals surface area contributed by atoms with Crippen molar-refractivity contribution in [3.05, 3.63) is 0 Å². The molecule has 1 unspecified atom stereocenters. The molecule has 1 rings (SSSR count). The first-order chi connectivity index (χ1) is 7.43. The molecule has 5 nitrogen and oxygen atoms in total. The third kappa shape index (κ3) is 4.08. The summed E-state index contributed by atoms with van der Waals surface area (Å²) in [6.07, 6.45) is 1.49. The van der Waals surface area contributed by atoms with Crippen LogP contribution in [0.4, 0.5) is 0 Å². The van der Waals surface area contributed by atoms with Gasteiger partial charge in [0.2, 0.25) is 5.91 Å². The molecule has 1 aliphatic rings. The molecule has 0 saturated carbocycles. The van der Waals surface area contributed by atoms with Crippen molar-refractivity contribution in [2.24, 2.45) is 5.73 Å². The molecule has 0 aromatic heterocycles. The SMILES string of the molecule is CC(N)CC(=O)N(C)CC1(O)CCOCC1. The highest BCUT2D eigenvalue weighted by Gasteiger charge is 2.32. The van der Waals surface area contributed by atoms with E-state index in [-0.39, 0.29) is 11.9 Å². The smallest absolute Gasteiger partial charge is 0.223 e. The lowest BCUT2D eigenvalue weighted by molar-refractivity contribution is -0.137. The van der Waals surface area contributed by atoms with Crippen molar-refractivity contribution in [1.82, 2.24) is 4.90 Å². The standard InChI is InChI=1S/C11H22N2O3/c1-9(12)7-10(14)13(2)8-11(15)3-5-16-6-4-11/h9,15H,3-8,12H2,1-2H3. The van der Waals surface area contributed by atoms with Gasteiger partial charge in [-0.2, -0.15) is 0 Å². The third-order valence-electron chi connectivity index (χ3n) is 2.88. The van der Waals surface area contributed by atoms with Gasteiger partial charge in [0.05, 0.1) is 5.60 Å². The topological polar surface area (TPSA) is 75.8 Å². The number of rotatable bonds is 4. The lowest BCUT2D eigenvalue weighted by Crippen LogP contribution is -2.48. The maximum absolute atomic E-state index is 11.7. The molecule has 16 heavy (non-hydrogen) atoms. The monoisotopic (exact) mass is 230 g/mol. The fourth-order valence-corrected chi connectivity index (χ4v) is 1.87. The summed E-state index contributed by atoms with van der Waals surface area (Å²) in [4.78, 5) is 13.2. The summed E-state index contributed by atoms with van der Waals surface area (Å²) in [6, 6.07) is -0.140. The van der Waals surface area contributed by atoms with Crippen LogP contribution in [0, 0.1) is 0 Å². The highest BCUT2D eigenvalue weighted by atomic mass is 16.5. The van der Waals surface area contributed by atoms with E-state index in [4.69, 9.17) is 10.5 Å². The predicted octanol–water partition coefficient (Wildman–Crippen LogP) is -0.276. The van der Waals surface area contributed by atoms with Crippen molar-refractivity contribution in [2.75, 3.05) is 26.8 Å². The lowest BCUT2D eigenvalue weighted by Gasteiger charge is -2.35. The highest BCUT2D eigenvalue weighted by molar-refractivity contribution is 5.76. The van der Waals surface area contributed by atoms with Gasteiger partial charge >= 0.3 is 0 Å². The van der Waals surface area contributed by atoms with Gasteiger partial charge in [-0.1, -0.05) is 0 Å². The molecule has 5 heteroatoms. The average Bonchev–Trinajstić information content (AvgIpc) is 2.16. The van der Waals surface area contributed by atoms with Gasteiger partial charge in [-0.25, -0.2) is 0 Å². The van der Waals surface area contributed by atoms with Gasteiger partial charge in [0.25, 0.3) is 0 Å². The van der Waals surface area contributed by atoms with Crippen LogP contribution in [0.3, 0.4) is 0 Å². The third-order valence-corrected chi connectivity index (χ3v) is 2.88. The number of carbonyl (C=O) groups is 1. The molecule has 1 fully saturated rings. The molecule has 0 bridgehead atoms. The molecule has 3 N–H and O–H groups in total. The van der Waals surface area contributed by atoms with Gasteiger partial charge < -0.3 is 20.5 Å². The Labute approximate surface area is 96.6 Å². The van der Waals surface area contributed by atoms with Crippen molar-refractivity contribution < 1.29 is 14.6 Å². The first-order valence-corrected chi connectivity index (χ1v) is 5.73. The van der Waals surface area contributed by atoms with Crippen LogP contribution in [0.25, 0.3) is 0 Å². The van der Waals surface area contributed by atoms with Crippen LogP contribution >= 0.6 is 0 Å². The zero-order valence-corrected chi connectivity index (χ0v) is 10.1. The minimum atomic E-state index is -0.791. The number of carbonyl (C=O) groups excluding carboxylic acids is 1. The van der Waals surface area contributed by atoms with Crippen molar-refractivity contribution in [1.29, 1.82) is 0 Å². The van der Waals surface area contributed by atoms with E-state index < -0.39 is 5.60 Å². The molecule has 1 saturated heterocycles. The molecular formula is C11H22N2O3. The summed E-state index contributed by atoms with van der Waals surface area (Å²) in [5, 5.41) is 10.2. The molecule has 1 amide bonds. The number of hydrogen-bond acceptors (Lipinski definition) is 4. The number of ether oxygens (including phenoxy) is 1. The van der Waals surface area contributed by atoms with Crippen molar-refractivity contribution in [3.8, 4) is 0 Å². The van der Waals surface area contributed by atoms with Gasteiger partial charge in [0.15, 0.2) is 0 Å². The van der Waals surface area contributed by atoms with Crippen LogP contribution in [-0.4, -0.2) is 54.4 Å². The van der Waals surface area contributed by atoms with Crippen LogP contribution in [-0.2, 0) is 9.53 Å². The first kappa shape index (κ1) is 13.4. The molecule has 94 valence electrons. The zero-order valence-electron chi connectivity index (χ0n) is 10.1. The summed E-state index contributed by atoms with van der Waals surface area (Å²) < 4.78 is 5.19. The number of aliphatic hydroxyl groups is 1. The first-order valence-electron chi connectivity index (χ1n) is 5.73. The van der Waals surface area contributed by atoms with E-state index in [2.05, 4.69) is 0 Å². The summed E-state index contributed by atoms with van der Waals surface area (Å²) in [6.45, 7) is 3.29. The summed E-state index contributed by atoms with van der Waals surface area (Å²) in [5.74, 6) is -0.0186. The van der Waals surface area contributed by atoms with Crippen LogP contribution in [0.1, 0.15) is 26.2 Å². The van der Waals surface area contributed by atoms with E-state index in [1.165, 1.54) is 0 Å². The van der Waals surface area contributed by atoms with E-state index in [9.17, 15) is 9.90 Å². The van der Waals surface area contributed by atoms with Gasteiger partial charge in [0.1, 0.15) is 0 Å². The molecular weight excluding hydrogens is 208 g/mol. The van der Waals surface area contributed by atoms with Gasteiger partial charge in [0, 0.05) is 52.1 Å². The van der Waals surface area contributed by atoms with E-state index in [1.54, 1.807) is 18.9 Å². The Bertz CT molecular complexity index is 237. The van der Waals surface area contributed by atoms with Crippen molar-refractivity contribution in [3.63, 3.8) is 0 Å². The Morgan fingerprint density at radius 3 is 2.62 bits per heavy atom. The van der Waals surface area contributed by atoms with Crippen molar-refractivity contribution >= 4 is 5.91 Å². The maximum Gasteiger partial charge on any atom is 0.223 e. The molecule has 0 radical (unpaired) electrons. The summed E-state index contributed by atoms with van der Waals surface area (Å²) in [7, 11) is 1.71. The molecule has 0 aromatic carbocycles. The number of likely N-dealkylation sites (N-methyl/N-ethyl adjacent to an activating group) is 1. The predicted molar refractivity (Wildman–Crippen MR) is 60.9 cm³/mol. The Balaban J connectivity index is 2.42. The van der Waals surface area contributed by atoms with Crippen LogP contribution in [0.15, 0.2) is 0 Å². The van der Waals surface area contributed by atoms with E-state index >= 15 is 0 Å². The van der Waals surface area contributed by atoms with Crippen LogP contribution in [0.2, 0.25) is 0 Å². The average molecular weight is 230 g/mol. The van der Waals surface area contributed by atoms with E-state index in [1.807, 2.05) is 0 Å². The molecule has 1 aliphatic heterocycles. The minimum absolute atomic E-state index is 0.0186. The lowest BCUT2D eigenvalue weighted by atomic mass is 9.94. The van der Waals surface area contributed by atoms with E-state index in [0.717, 1.165) is 0 Å². The van der Waals surface area contributed by atoms with E-state index in [0.29, 0.717) is 39.0 Å². The molecule has 0 aliphatic carbocycles. The van der Waals surface area contributed by atoms with Gasteiger partial charge in [-0.05, 0) is 6.92 Å². The maximum atomic E-state index is 11.7. The second-order valence-electron chi connectivity index (χ2n) is 4.77. The second kappa shape index (κ2) is 5.61. The highest BCUT2D eigenvalue weighted by Crippen LogP contribution is 2.21. The van der Waals surface area contributed by atoms with Crippen molar-refractivity contribution in [2.45, 2.75) is 37.8 Å². The number of hydrogen-bond donors (Lipinski definition) is 2. The summed E-state index contributed by atoms with van der Waals surface area (Å²) >= 11 is 0. The Morgan fingerprint density at radius 1 is 1.56 bits per heavy atom. The van der Waals surface area contributed by atoms with Crippen LogP contribution in [0.5, 0.6) is 0 Å².